The average molecular weight is 645 g/mol. The maximum Gasteiger partial charge on any atom is 0.0797 e. The number of aliphatic hydroxyl groups is 1. The van der Waals surface area contributed by atoms with Gasteiger partial charge in [0.05, 0.1) is 12.2 Å². The van der Waals surface area contributed by atoms with Gasteiger partial charge in [0, 0.05) is 8.50 Å². The van der Waals surface area contributed by atoms with Gasteiger partial charge in [0.1, 0.15) is 0 Å². The molecule has 0 radical (unpaired) electrons. The van der Waals surface area contributed by atoms with Gasteiger partial charge in [-0.2, -0.15) is 0 Å². The fourth-order valence-corrected chi connectivity index (χ4v) is 11.3. The van der Waals surface area contributed by atoms with Crippen molar-refractivity contribution in [3.8, 4) is 0 Å². The molecule has 4 rings (SSSR count). The zero-order valence-electron chi connectivity index (χ0n) is 30.1. The summed E-state index contributed by atoms with van der Waals surface area (Å²) in [5.41, 5.74) is 5.47. The highest BCUT2D eigenvalue weighted by Gasteiger charge is 2.53. The maximum absolute atomic E-state index is 10.3. The zero-order valence-corrected chi connectivity index (χ0v) is 32.3. The quantitative estimate of drug-likeness (QED) is 0.146. The second-order valence-corrected chi connectivity index (χ2v) is 18.6. The Kier molecular flexibility index (Phi) is 13.3. The summed E-state index contributed by atoms with van der Waals surface area (Å²) in [6.45, 7) is 32.5. The predicted molar refractivity (Wildman–Crippen MR) is 199 cm³/mol. The van der Waals surface area contributed by atoms with Crippen molar-refractivity contribution >= 4 is 17.4 Å². The van der Waals surface area contributed by atoms with Crippen molar-refractivity contribution < 1.29 is 9.63 Å². The fourth-order valence-electron chi connectivity index (χ4n) is 10.9. The largest absolute Gasteiger partial charge is 0.386 e. The minimum absolute atomic E-state index is 0.369. The van der Waals surface area contributed by atoms with Crippen LogP contribution in [-0.4, -0.2) is 17.3 Å². The van der Waals surface area contributed by atoms with Crippen LogP contribution >= 0.6 is 17.4 Å². The third-order valence-corrected chi connectivity index (χ3v) is 14.3. The highest BCUT2D eigenvalue weighted by atomic mass is 32.0. The van der Waals surface area contributed by atoms with Gasteiger partial charge < -0.3 is 9.63 Å². The highest BCUT2D eigenvalue weighted by molar-refractivity contribution is 8.00. The number of fused-ring (bicyclic) bond motifs is 2. The third-order valence-electron chi connectivity index (χ3n) is 13.4. The minimum Gasteiger partial charge on any atom is -0.386 e. The van der Waals surface area contributed by atoms with Gasteiger partial charge in [-0.25, -0.2) is 0 Å². The molecule has 44 heavy (non-hydrogen) atoms. The first-order valence-electron chi connectivity index (χ1n) is 17.9. The Morgan fingerprint density at radius 3 is 1.84 bits per heavy atom. The Hall–Kier alpha value is -0.260. The van der Waals surface area contributed by atoms with Crippen LogP contribution < -0.4 is 0 Å². The first kappa shape index (κ1) is 38.2. The molecule has 4 fully saturated rings. The van der Waals surface area contributed by atoms with Gasteiger partial charge in [-0.3, -0.25) is 0 Å². The predicted octanol–water partition coefficient (Wildman–Crippen LogP) is 12.4. The zero-order chi connectivity index (χ0) is 33.0. The molecule has 0 aliphatic heterocycles. The van der Waals surface area contributed by atoms with Crippen molar-refractivity contribution in [3.63, 3.8) is 0 Å². The van der Waals surface area contributed by atoms with Gasteiger partial charge in [0.2, 0.25) is 0 Å². The molecule has 4 aliphatic carbocycles. The summed E-state index contributed by atoms with van der Waals surface area (Å²) in [4.78, 5) is 0. The lowest BCUT2D eigenvalue weighted by Crippen LogP contribution is -2.49. The summed E-state index contributed by atoms with van der Waals surface area (Å²) < 4.78 is 5.45. The summed E-state index contributed by atoms with van der Waals surface area (Å²) in [5, 5.41) is 10.3. The van der Waals surface area contributed by atoms with Crippen LogP contribution in [0.15, 0.2) is 48.6 Å². The molecule has 0 amide bonds. The van der Waals surface area contributed by atoms with Crippen LogP contribution in [0, 0.1) is 45.3 Å². The molecular formula is C40H70O2P2. The topological polar surface area (TPSA) is 29.5 Å². The standard InChI is InChI=1S/C20H36OP2.C20H34O/c1-15(11-14-21-23-22)7-9-17-16(2)8-10-18-19(3,4)12-6-13-20(17,18)5;1-7-19(5,21)14-11-16-15(2)9-10-17-18(3,4)12-8-13-20(16,17)6/h11,17-18,23H,2,6-10,12-14,22H2,1,3-5H3;7,16-17,21H,1-2,8-14H2,3-6H3/b15-11-;. The average Bonchev–Trinajstić information content (AvgIpc) is 2.91. The Morgan fingerprint density at radius 2 is 1.39 bits per heavy atom. The second kappa shape index (κ2) is 15.3. The van der Waals surface area contributed by atoms with Crippen molar-refractivity contribution in [1.82, 2.24) is 0 Å². The summed E-state index contributed by atoms with van der Waals surface area (Å²) in [6, 6.07) is 0. The van der Waals surface area contributed by atoms with E-state index in [1.165, 1.54) is 93.8 Å². The van der Waals surface area contributed by atoms with E-state index in [0.717, 1.165) is 31.3 Å². The smallest absolute Gasteiger partial charge is 0.0797 e. The molecule has 9 unspecified atom stereocenters. The highest BCUT2D eigenvalue weighted by Crippen LogP contribution is 2.63. The Balaban J connectivity index is 0.000000241. The van der Waals surface area contributed by atoms with Gasteiger partial charge in [0.25, 0.3) is 0 Å². The number of rotatable bonds is 10. The molecule has 0 aromatic heterocycles. The van der Waals surface area contributed by atoms with Gasteiger partial charge in [-0.15, -0.1) is 6.58 Å². The molecule has 0 saturated heterocycles. The first-order chi connectivity index (χ1) is 20.4. The molecule has 0 aromatic carbocycles. The molecule has 4 heteroatoms. The maximum atomic E-state index is 10.3. The van der Waals surface area contributed by atoms with E-state index in [-0.39, 0.29) is 0 Å². The molecule has 0 aromatic rings. The molecule has 1 N–H and O–H groups in total. The Morgan fingerprint density at radius 1 is 0.909 bits per heavy atom. The van der Waals surface area contributed by atoms with E-state index in [1.807, 2.05) is 6.92 Å². The van der Waals surface area contributed by atoms with Crippen LogP contribution in [0.3, 0.4) is 0 Å². The second-order valence-electron chi connectivity index (χ2n) is 17.4. The summed E-state index contributed by atoms with van der Waals surface area (Å²) in [6.07, 6.45) is 21.5. The van der Waals surface area contributed by atoms with E-state index in [0.29, 0.717) is 42.0 Å². The molecule has 0 heterocycles. The van der Waals surface area contributed by atoms with Crippen molar-refractivity contribution in [2.24, 2.45) is 45.3 Å². The van der Waals surface area contributed by atoms with Gasteiger partial charge >= 0.3 is 0 Å². The van der Waals surface area contributed by atoms with E-state index < -0.39 is 5.60 Å². The van der Waals surface area contributed by atoms with Gasteiger partial charge in [0.15, 0.2) is 0 Å². The molecule has 252 valence electrons. The van der Waals surface area contributed by atoms with Crippen LogP contribution in [0.25, 0.3) is 0 Å². The Bertz CT molecular complexity index is 1040. The van der Waals surface area contributed by atoms with Crippen molar-refractivity contribution in [1.29, 1.82) is 0 Å². The van der Waals surface area contributed by atoms with Crippen LogP contribution in [0.1, 0.15) is 145 Å². The van der Waals surface area contributed by atoms with Crippen molar-refractivity contribution in [3.05, 3.63) is 48.6 Å². The van der Waals surface area contributed by atoms with E-state index >= 15 is 0 Å². The number of hydrogen-bond donors (Lipinski definition) is 1. The van der Waals surface area contributed by atoms with Crippen molar-refractivity contribution in [2.45, 2.75) is 151 Å². The first-order valence-corrected chi connectivity index (χ1v) is 20.6. The SMILES string of the molecule is C=C1CCC2C(C)(C)CCCC2(C)C1CC/C(C)=C\COPP.C=CC(C)(O)CCC1C(=C)CCC2C(C)(C)CCCC12C. The lowest BCUT2D eigenvalue weighted by atomic mass is 9.47. The fraction of sp³-hybridized carbons (Fsp3) is 0.800. The number of allylic oxidation sites excluding steroid dienone is 3. The monoisotopic (exact) mass is 644 g/mol. The van der Waals surface area contributed by atoms with E-state index in [1.54, 1.807) is 6.08 Å². The summed E-state index contributed by atoms with van der Waals surface area (Å²) in [5.74, 6) is 2.92. The lowest BCUT2D eigenvalue weighted by molar-refractivity contribution is -0.0583. The van der Waals surface area contributed by atoms with E-state index in [9.17, 15) is 5.11 Å². The van der Waals surface area contributed by atoms with E-state index in [2.05, 4.69) is 83.2 Å². The molecule has 0 bridgehead atoms. The number of hydrogen-bond acceptors (Lipinski definition) is 2. The molecule has 4 saturated carbocycles. The van der Waals surface area contributed by atoms with E-state index in [4.69, 9.17) is 4.52 Å². The minimum atomic E-state index is -0.742. The molecule has 2 nitrogen and oxygen atoms in total. The molecule has 9 atom stereocenters. The van der Waals surface area contributed by atoms with Gasteiger partial charge in [-0.05, 0) is 136 Å². The van der Waals surface area contributed by atoms with Crippen LogP contribution in [0.4, 0.5) is 0 Å². The normalized spacial score (nSPS) is 36.5. The van der Waals surface area contributed by atoms with Crippen LogP contribution in [0.5, 0.6) is 0 Å². The molecular weight excluding hydrogens is 574 g/mol. The molecule has 4 aliphatic rings. The van der Waals surface area contributed by atoms with Crippen molar-refractivity contribution in [2.75, 3.05) is 6.61 Å². The summed E-state index contributed by atoms with van der Waals surface area (Å²) in [7, 11) is 3.14. The Labute approximate surface area is 277 Å². The molecule has 0 spiro atoms. The van der Waals surface area contributed by atoms with Crippen LogP contribution in [-0.2, 0) is 4.52 Å². The van der Waals surface area contributed by atoms with Gasteiger partial charge in [-0.1, -0.05) is 105 Å². The third kappa shape index (κ3) is 8.80. The summed E-state index contributed by atoms with van der Waals surface area (Å²) >= 11 is 0. The lowest BCUT2D eigenvalue weighted by Gasteiger charge is -2.58. The van der Waals surface area contributed by atoms with Crippen LogP contribution in [0.2, 0.25) is 0 Å².